The fourth-order valence-electron chi connectivity index (χ4n) is 3.80. The van der Waals surface area contributed by atoms with Crippen LogP contribution in [0.15, 0.2) is 29.6 Å². The van der Waals surface area contributed by atoms with E-state index in [-0.39, 0.29) is 0 Å². The largest absolute Gasteiger partial charge is 0.359 e. The van der Waals surface area contributed by atoms with E-state index in [1.165, 1.54) is 47.8 Å². The van der Waals surface area contributed by atoms with Gasteiger partial charge in [-0.15, -0.1) is 11.3 Å². The minimum Gasteiger partial charge on any atom is -0.359 e. The number of anilines is 1. The molecule has 2 atom stereocenters. The zero-order valence-corrected chi connectivity index (χ0v) is 14.5. The van der Waals surface area contributed by atoms with Gasteiger partial charge in [-0.2, -0.15) is 0 Å². The number of hydrogen-bond acceptors (Lipinski definition) is 3. The molecule has 1 saturated carbocycles. The number of rotatable bonds is 3. The van der Waals surface area contributed by atoms with Crippen molar-refractivity contribution < 1.29 is 0 Å². The van der Waals surface area contributed by atoms with Gasteiger partial charge in [0.1, 0.15) is 0 Å². The number of fused-ring (bicyclic) bond motifs is 1. The van der Waals surface area contributed by atoms with Crippen LogP contribution in [0.1, 0.15) is 38.3 Å². The molecule has 1 aromatic carbocycles. The van der Waals surface area contributed by atoms with E-state index in [1.807, 2.05) is 0 Å². The predicted octanol–water partition coefficient (Wildman–Crippen LogP) is 5.59. The highest BCUT2D eigenvalue weighted by atomic mass is 32.1. The van der Waals surface area contributed by atoms with Gasteiger partial charge in [0.25, 0.3) is 0 Å². The molecule has 0 spiro atoms. The van der Waals surface area contributed by atoms with Gasteiger partial charge in [0.05, 0.1) is 5.69 Å². The lowest BCUT2D eigenvalue weighted by Crippen LogP contribution is -2.26. The van der Waals surface area contributed by atoms with Gasteiger partial charge in [0.2, 0.25) is 0 Å². The van der Waals surface area contributed by atoms with E-state index >= 15 is 0 Å². The molecule has 1 fully saturated rings. The highest BCUT2D eigenvalue weighted by molar-refractivity contribution is 7.14. The summed E-state index contributed by atoms with van der Waals surface area (Å²) in [5.41, 5.74) is 4.69. The number of nitrogens with zero attached hydrogens (tertiary/aromatic N) is 1. The molecule has 1 aliphatic rings. The Morgan fingerprint density at radius 3 is 3.00 bits per heavy atom. The van der Waals surface area contributed by atoms with Crippen molar-refractivity contribution in [3.63, 3.8) is 0 Å². The Kier molecular flexibility index (Phi) is 3.85. The summed E-state index contributed by atoms with van der Waals surface area (Å²) >= 11 is 1.72. The second-order valence-electron chi connectivity index (χ2n) is 6.82. The van der Waals surface area contributed by atoms with Crippen LogP contribution in [-0.4, -0.2) is 16.0 Å². The first-order valence-corrected chi connectivity index (χ1v) is 9.38. The van der Waals surface area contributed by atoms with Crippen molar-refractivity contribution in [1.29, 1.82) is 0 Å². The van der Waals surface area contributed by atoms with Gasteiger partial charge in [-0.25, -0.2) is 4.98 Å². The summed E-state index contributed by atoms with van der Waals surface area (Å²) in [5, 5.41) is 8.15. The molecule has 0 amide bonds. The van der Waals surface area contributed by atoms with Crippen LogP contribution in [0.4, 0.5) is 5.13 Å². The fraction of sp³-hybridized carbons (Fsp3) is 0.421. The normalized spacial score (nSPS) is 21.7. The number of aryl methyl sites for hydroxylation is 1. The zero-order valence-electron chi connectivity index (χ0n) is 13.7. The highest BCUT2D eigenvalue weighted by Gasteiger charge is 2.20. The lowest BCUT2D eigenvalue weighted by Gasteiger charge is -2.27. The van der Waals surface area contributed by atoms with Crippen molar-refractivity contribution in [2.45, 2.75) is 45.6 Å². The van der Waals surface area contributed by atoms with E-state index < -0.39 is 0 Å². The molecule has 23 heavy (non-hydrogen) atoms. The summed E-state index contributed by atoms with van der Waals surface area (Å²) in [6, 6.07) is 9.04. The molecule has 0 saturated heterocycles. The first-order chi connectivity index (χ1) is 11.2. The van der Waals surface area contributed by atoms with E-state index in [2.05, 4.69) is 53.8 Å². The maximum absolute atomic E-state index is 4.87. The van der Waals surface area contributed by atoms with Crippen molar-refractivity contribution in [3.8, 4) is 11.3 Å². The summed E-state index contributed by atoms with van der Waals surface area (Å²) in [5.74, 6) is 0.830. The monoisotopic (exact) mass is 325 g/mol. The SMILES string of the molecule is Cc1[nH]c2ccccc2c1-c1csc(N[C@H]2CCC[C@H](C)C2)n1. The number of aromatic nitrogens is 2. The molecular weight excluding hydrogens is 302 g/mol. The van der Waals surface area contributed by atoms with Gasteiger partial charge in [-0.3, -0.25) is 0 Å². The van der Waals surface area contributed by atoms with E-state index in [4.69, 9.17) is 4.98 Å². The minimum atomic E-state index is 0.585. The molecule has 3 nitrogen and oxygen atoms in total. The van der Waals surface area contributed by atoms with Gasteiger partial charge in [-0.05, 0) is 31.7 Å². The first kappa shape index (κ1) is 14.8. The van der Waals surface area contributed by atoms with Gasteiger partial charge >= 0.3 is 0 Å². The first-order valence-electron chi connectivity index (χ1n) is 8.50. The topological polar surface area (TPSA) is 40.7 Å². The highest BCUT2D eigenvalue weighted by Crippen LogP contribution is 2.35. The van der Waals surface area contributed by atoms with Crippen LogP contribution in [0.5, 0.6) is 0 Å². The van der Waals surface area contributed by atoms with E-state index in [0.717, 1.165) is 16.7 Å². The lowest BCUT2D eigenvalue weighted by molar-refractivity contribution is 0.358. The summed E-state index contributed by atoms with van der Waals surface area (Å²) in [7, 11) is 0. The third kappa shape index (κ3) is 2.88. The van der Waals surface area contributed by atoms with Gasteiger partial charge in [0.15, 0.2) is 5.13 Å². The Balaban J connectivity index is 1.61. The standard InChI is InChI=1S/C19H23N3S/c1-12-6-5-7-14(10-12)21-19-22-17(11-23-19)18-13(2)20-16-9-4-3-8-15(16)18/h3-4,8-9,11-12,14,20H,5-7,10H2,1-2H3,(H,21,22)/t12-,14-/m0/s1. The second-order valence-corrected chi connectivity index (χ2v) is 7.68. The number of nitrogens with one attached hydrogen (secondary N) is 2. The molecule has 3 aromatic rings. The Labute approximate surface area is 141 Å². The molecule has 0 radical (unpaired) electrons. The smallest absolute Gasteiger partial charge is 0.183 e. The number of para-hydroxylation sites is 1. The Bertz CT molecular complexity index is 817. The number of benzene rings is 1. The number of aromatic amines is 1. The van der Waals surface area contributed by atoms with Crippen LogP contribution in [0.2, 0.25) is 0 Å². The van der Waals surface area contributed by atoms with Gasteiger partial charge in [0, 0.05) is 33.6 Å². The predicted molar refractivity (Wildman–Crippen MR) is 99.2 cm³/mol. The third-order valence-electron chi connectivity index (χ3n) is 4.92. The van der Waals surface area contributed by atoms with E-state index in [0.29, 0.717) is 6.04 Å². The van der Waals surface area contributed by atoms with Crippen molar-refractivity contribution in [2.24, 2.45) is 5.92 Å². The molecule has 1 aliphatic carbocycles. The summed E-state index contributed by atoms with van der Waals surface area (Å²) < 4.78 is 0. The number of thiazole rings is 1. The van der Waals surface area contributed by atoms with Gasteiger partial charge in [-0.1, -0.05) is 38.0 Å². The Morgan fingerprint density at radius 1 is 1.26 bits per heavy atom. The van der Waals surface area contributed by atoms with Crippen LogP contribution in [-0.2, 0) is 0 Å². The van der Waals surface area contributed by atoms with E-state index in [9.17, 15) is 0 Å². The Morgan fingerprint density at radius 2 is 2.13 bits per heavy atom. The summed E-state index contributed by atoms with van der Waals surface area (Å²) in [4.78, 5) is 8.34. The maximum atomic E-state index is 4.87. The summed E-state index contributed by atoms with van der Waals surface area (Å²) in [6.45, 7) is 4.49. The average Bonchev–Trinajstić information content (AvgIpc) is 3.10. The van der Waals surface area contributed by atoms with Gasteiger partial charge < -0.3 is 10.3 Å². The number of H-pyrrole nitrogens is 1. The molecule has 0 aliphatic heterocycles. The Hall–Kier alpha value is -1.81. The van der Waals surface area contributed by atoms with Crippen LogP contribution in [0.3, 0.4) is 0 Å². The minimum absolute atomic E-state index is 0.585. The van der Waals surface area contributed by atoms with Crippen LogP contribution < -0.4 is 5.32 Å². The molecule has 0 bridgehead atoms. The molecule has 4 rings (SSSR count). The van der Waals surface area contributed by atoms with E-state index in [1.54, 1.807) is 11.3 Å². The summed E-state index contributed by atoms with van der Waals surface area (Å²) in [6.07, 6.45) is 5.24. The second kappa shape index (κ2) is 6.00. The molecule has 2 heterocycles. The van der Waals surface area contributed by atoms with Crippen molar-refractivity contribution in [2.75, 3.05) is 5.32 Å². The van der Waals surface area contributed by atoms with Crippen molar-refractivity contribution >= 4 is 27.4 Å². The van der Waals surface area contributed by atoms with Crippen LogP contribution in [0, 0.1) is 12.8 Å². The van der Waals surface area contributed by atoms with Crippen LogP contribution in [0.25, 0.3) is 22.2 Å². The van der Waals surface area contributed by atoms with Crippen molar-refractivity contribution in [1.82, 2.24) is 9.97 Å². The molecular formula is C19H23N3S. The third-order valence-corrected chi connectivity index (χ3v) is 5.69. The molecule has 2 N–H and O–H groups in total. The number of hydrogen-bond donors (Lipinski definition) is 2. The fourth-order valence-corrected chi connectivity index (χ4v) is 4.58. The van der Waals surface area contributed by atoms with Crippen molar-refractivity contribution in [3.05, 3.63) is 35.3 Å². The molecule has 2 aromatic heterocycles. The zero-order chi connectivity index (χ0) is 15.8. The average molecular weight is 325 g/mol. The quantitative estimate of drug-likeness (QED) is 0.659. The molecule has 4 heteroatoms. The molecule has 0 unspecified atom stereocenters. The maximum Gasteiger partial charge on any atom is 0.183 e. The molecule has 120 valence electrons. The van der Waals surface area contributed by atoms with Crippen LogP contribution >= 0.6 is 11.3 Å². The lowest BCUT2D eigenvalue weighted by atomic mass is 9.87.